The normalized spacial score (nSPS) is 45.9. The molecular formula is C44H71N3O8. The summed E-state index contributed by atoms with van der Waals surface area (Å²) in [5.74, 6) is -1.58. The van der Waals surface area contributed by atoms with Crippen LogP contribution in [0.5, 0.6) is 0 Å². The zero-order valence-corrected chi connectivity index (χ0v) is 33.9. The Morgan fingerprint density at radius 3 is 2.58 bits per heavy atom. The van der Waals surface area contributed by atoms with E-state index in [4.69, 9.17) is 10.5 Å². The van der Waals surface area contributed by atoms with E-state index in [2.05, 4.69) is 24.5 Å². The molecule has 2 bridgehead atoms. The molecule has 0 spiro atoms. The Labute approximate surface area is 328 Å². The number of hydrogen-bond donors (Lipinski definition) is 9. The lowest BCUT2D eigenvalue weighted by Gasteiger charge is -2.67. The molecule has 11 heteroatoms. The molecule has 0 aromatic carbocycles. The monoisotopic (exact) mass is 770 g/mol. The minimum atomic E-state index is -1.59. The molecule has 2 heterocycles. The fourth-order valence-corrected chi connectivity index (χ4v) is 13.7. The number of Topliss-reactive ketones (excluding diaryl/α,β-unsaturated/α-hetero) is 1. The van der Waals surface area contributed by atoms with Gasteiger partial charge in [0.2, 0.25) is 0 Å². The number of ether oxygens (including phenoxy) is 1. The summed E-state index contributed by atoms with van der Waals surface area (Å²) in [6.45, 7) is 10.4. The highest BCUT2D eigenvalue weighted by atomic mass is 16.5. The first-order chi connectivity index (χ1) is 26.0. The number of unbranched alkanes of at least 4 members (excludes halogenated alkanes) is 3. The maximum absolute atomic E-state index is 15.3. The SMILES string of the molecule is CCCCCCC1COC(C(O)C(C)(O)C2CCC3(O)C4=C(NCC(C)O)C(=O)C5C6CCC(CC7=CNC(N)C=C7)C5(CC(O)C6O)C4CCC23C)C1C. The van der Waals surface area contributed by atoms with Gasteiger partial charge in [0, 0.05) is 24.1 Å². The molecule has 5 aliphatic carbocycles. The number of carbonyl (C=O) groups is 1. The summed E-state index contributed by atoms with van der Waals surface area (Å²) in [5.41, 5.74) is 3.38. The molecule has 11 nitrogen and oxygen atoms in total. The fourth-order valence-electron chi connectivity index (χ4n) is 13.7. The molecule has 10 N–H and O–H groups in total. The Hall–Kier alpha value is -1.83. The molecule has 2 aliphatic heterocycles. The molecule has 0 radical (unpaired) electrons. The Bertz CT molecular complexity index is 1530. The Balaban J connectivity index is 1.26. The number of hydrogen-bond acceptors (Lipinski definition) is 11. The van der Waals surface area contributed by atoms with E-state index in [-0.39, 0.29) is 42.7 Å². The minimum absolute atomic E-state index is 0.0174. The second-order valence-electron chi connectivity index (χ2n) is 19.5. The number of rotatable bonds is 13. The van der Waals surface area contributed by atoms with Crippen molar-refractivity contribution in [3.63, 3.8) is 0 Å². The third-order valence-electron chi connectivity index (χ3n) is 16.6. The van der Waals surface area contributed by atoms with Crippen molar-refractivity contribution in [2.24, 2.45) is 58.0 Å². The van der Waals surface area contributed by atoms with Gasteiger partial charge in [0.15, 0.2) is 5.78 Å². The average molecular weight is 770 g/mol. The molecule has 1 saturated heterocycles. The van der Waals surface area contributed by atoms with Crippen molar-refractivity contribution in [1.82, 2.24) is 10.6 Å². The molecule has 310 valence electrons. The number of dihydropyridines is 1. The van der Waals surface area contributed by atoms with E-state index in [9.17, 15) is 30.6 Å². The quantitative estimate of drug-likeness (QED) is 0.124. The van der Waals surface area contributed by atoms with E-state index in [1.807, 2.05) is 25.3 Å². The van der Waals surface area contributed by atoms with E-state index in [0.717, 1.165) is 24.8 Å². The van der Waals surface area contributed by atoms with Crippen molar-refractivity contribution in [3.05, 3.63) is 35.2 Å². The number of ketones is 1. The number of nitrogens with one attached hydrogen (secondary N) is 2. The van der Waals surface area contributed by atoms with Gasteiger partial charge in [0.05, 0.1) is 54.1 Å². The fraction of sp³-hybridized carbons (Fsp3) is 0.841. The van der Waals surface area contributed by atoms with Gasteiger partial charge in [-0.3, -0.25) is 4.79 Å². The van der Waals surface area contributed by atoms with Crippen LogP contribution in [0, 0.1) is 52.3 Å². The number of allylic oxidation sites excluding steroid dienone is 3. The van der Waals surface area contributed by atoms with Crippen LogP contribution in [0.3, 0.4) is 0 Å². The lowest BCUT2D eigenvalue weighted by Crippen LogP contribution is -2.70. The molecule has 17 atom stereocenters. The van der Waals surface area contributed by atoms with Crippen LogP contribution in [0.4, 0.5) is 0 Å². The Kier molecular flexibility index (Phi) is 11.6. The van der Waals surface area contributed by atoms with E-state index in [0.29, 0.717) is 62.3 Å². The standard InChI is InChI=1S/C44H71N3O8/c1-6-7-8-9-10-27-23-55-39(25(27)3)40(52)42(5,53)32-16-18-44(54)35-30(15-17-41(32,44)4)43-20-31(49)37(50)29(34(43)38(51)36(35)47-21-24(2)48)13-12-28(43)19-26-11-14-33(45)46-22-26/h11,14,22,24-25,27-34,37,39-40,46-50,52-54H,6-10,12-13,15-21,23,45H2,1-5H3. The molecule has 7 rings (SSSR count). The van der Waals surface area contributed by atoms with Gasteiger partial charge in [-0.15, -0.1) is 0 Å². The predicted molar refractivity (Wildman–Crippen MR) is 210 cm³/mol. The molecule has 5 fully saturated rings. The number of carbonyl (C=O) groups excluding carboxylic acids is 1. The third-order valence-corrected chi connectivity index (χ3v) is 16.6. The van der Waals surface area contributed by atoms with Gasteiger partial charge in [0.25, 0.3) is 0 Å². The summed E-state index contributed by atoms with van der Waals surface area (Å²) >= 11 is 0. The van der Waals surface area contributed by atoms with E-state index < -0.39 is 70.3 Å². The summed E-state index contributed by atoms with van der Waals surface area (Å²) in [6, 6.07) is 0. The molecule has 7 aliphatic rings. The maximum atomic E-state index is 15.3. The first-order valence-corrected chi connectivity index (χ1v) is 21.7. The van der Waals surface area contributed by atoms with E-state index in [1.165, 1.54) is 19.3 Å². The van der Waals surface area contributed by atoms with Crippen LogP contribution in [-0.2, 0) is 9.53 Å². The van der Waals surface area contributed by atoms with Gasteiger partial charge in [-0.1, -0.05) is 52.5 Å². The number of fused-ring (bicyclic) bond motifs is 3. The van der Waals surface area contributed by atoms with Crippen LogP contribution in [0.2, 0.25) is 0 Å². The van der Waals surface area contributed by atoms with Crippen molar-refractivity contribution < 1.29 is 40.2 Å². The lowest BCUT2D eigenvalue weighted by atomic mass is 9.37. The molecule has 4 saturated carbocycles. The van der Waals surface area contributed by atoms with Crippen molar-refractivity contribution in [2.45, 2.75) is 166 Å². The van der Waals surface area contributed by atoms with Gasteiger partial charge in [0.1, 0.15) is 6.10 Å². The lowest BCUT2D eigenvalue weighted by molar-refractivity contribution is -0.216. The second-order valence-corrected chi connectivity index (χ2v) is 19.5. The summed E-state index contributed by atoms with van der Waals surface area (Å²) in [6.07, 6.45) is 11.0. The van der Waals surface area contributed by atoms with Gasteiger partial charge in [-0.05, 0) is 130 Å². The van der Waals surface area contributed by atoms with Gasteiger partial charge in [-0.25, -0.2) is 0 Å². The highest BCUT2D eigenvalue weighted by Crippen LogP contribution is 2.73. The maximum Gasteiger partial charge on any atom is 0.182 e. The average Bonchev–Trinajstić information content (AvgIpc) is 3.65. The number of aliphatic hydroxyl groups is 6. The predicted octanol–water partition coefficient (Wildman–Crippen LogP) is 3.56. The third kappa shape index (κ3) is 6.59. The van der Waals surface area contributed by atoms with Crippen LogP contribution < -0.4 is 16.4 Å². The van der Waals surface area contributed by atoms with Gasteiger partial charge < -0.3 is 51.7 Å². The number of aliphatic hydroxyl groups excluding tert-OH is 4. The minimum Gasteiger partial charge on any atom is -0.392 e. The highest BCUT2D eigenvalue weighted by molar-refractivity contribution is 6.00. The summed E-state index contributed by atoms with van der Waals surface area (Å²) < 4.78 is 6.29. The zero-order valence-electron chi connectivity index (χ0n) is 33.9. The first kappa shape index (κ1) is 41.3. The largest absolute Gasteiger partial charge is 0.392 e. The van der Waals surface area contributed by atoms with Crippen molar-refractivity contribution >= 4 is 5.78 Å². The zero-order chi connectivity index (χ0) is 39.7. The Morgan fingerprint density at radius 1 is 1.13 bits per heavy atom. The van der Waals surface area contributed by atoms with Crippen LogP contribution in [0.1, 0.15) is 118 Å². The molecule has 0 aromatic rings. The summed E-state index contributed by atoms with van der Waals surface area (Å²) in [4.78, 5) is 15.3. The van der Waals surface area contributed by atoms with Crippen LogP contribution in [0.15, 0.2) is 35.2 Å². The smallest absolute Gasteiger partial charge is 0.182 e. The van der Waals surface area contributed by atoms with Gasteiger partial charge >= 0.3 is 0 Å². The van der Waals surface area contributed by atoms with Crippen LogP contribution in [0.25, 0.3) is 0 Å². The topological polar surface area (TPSA) is 198 Å². The number of nitrogens with two attached hydrogens (primary N) is 1. The molecule has 0 aromatic heterocycles. The molecule has 0 amide bonds. The van der Waals surface area contributed by atoms with Gasteiger partial charge in [-0.2, -0.15) is 0 Å². The molecule has 55 heavy (non-hydrogen) atoms. The molecule has 17 unspecified atom stereocenters. The van der Waals surface area contributed by atoms with Crippen molar-refractivity contribution in [2.75, 3.05) is 13.2 Å². The second kappa shape index (κ2) is 15.4. The van der Waals surface area contributed by atoms with Crippen LogP contribution in [-0.4, -0.2) is 97.5 Å². The highest BCUT2D eigenvalue weighted by Gasteiger charge is 2.74. The first-order valence-electron chi connectivity index (χ1n) is 21.7. The van der Waals surface area contributed by atoms with Crippen molar-refractivity contribution in [1.29, 1.82) is 0 Å². The summed E-state index contributed by atoms with van der Waals surface area (Å²) in [5, 5.41) is 78.2. The van der Waals surface area contributed by atoms with E-state index >= 15 is 4.79 Å². The molecular weight excluding hydrogens is 698 g/mol. The Morgan fingerprint density at radius 2 is 1.89 bits per heavy atom. The van der Waals surface area contributed by atoms with E-state index in [1.54, 1.807) is 13.8 Å². The van der Waals surface area contributed by atoms with Crippen LogP contribution >= 0.6 is 0 Å². The van der Waals surface area contributed by atoms with Crippen molar-refractivity contribution in [3.8, 4) is 0 Å². The summed E-state index contributed by atoms with van der Waals surface area (Å²) in [7, 11) is 0.